The molecule has 1 amide bonds. The Balaban J connectivity index is 1.40. The molecule has 2 aromatic rings. The van der Waals surface area contributed by atoms with Gasteiger partial charge in [0.05, 0.1) is 34.4 Å². The van der Waals surface area contributed by atoms with E-state index in [1.165, 1.54) is 16.0 Å². The van der Waals surface area contributed by atoms with Gasteiger partial charge in [0.15, 0.2) is 11.5 Å². The number of rotatable bonds is 10. The summed E-state index contributed by atoms with van der Waals surface area (Å²) in [6.45, 7) is 3.83. The molecule has 1 fully saturated rings. The van der Waals surface area contributed by atoms with Gasteiger partial charge in [0.25, 0.3) is 0 Å². The van der Waals surface area contributed by atoms with Gasteiger partial charge in [-0.2, -0.15) is 0 Å². The van der Waals surface area contributed by atoms with Crippen LogP contribution < -0.4 is 14.4 Å². The van der Waals surface area contributed by atoms with Gasteiger partial charge in [-0.15, -0.1) is 0 Å². The van der Waals surface area contributed by atoms with E-state index in [0.717, 1.165) is 50.5 Å². The van der Waals surface area contributed by atoms with E-state index in [2.05, 4.69) is 43.4 Å². The maximum atomic E-state index is 12.4. The van der Waals surface area contributed by atoms with E-state index in [0.29, 0.717) is 18.2 Å². The normalized spacial score (nSPS) is 17.4. The summed E-state index contributed by atoms with van der Waals surface area (Å²) in [5, 5.41) is 0. The predicted molar refractivity (Wildman–Crippen MR) is 115 cm³/mol. The molecule has 0 aromatic heterocycles. The van der Waals surface area contributed by atoms with Crippen LogP contribution in [0, 0.1) is 0 Å². The van der Waals surface area contributed by atoms with Crippen LogP contribution in [0.5, 0.6) is 11.5 Å². The van der Waals surface area contributed by atoms with Gasteiger partial charge in [0.2, 0.25) is 5.91 Å². The highest BCUT2D eigenvalue weighted by Crippen LogP contribution is 2.28. The van der Waals surface area contributed by atoms with Crippen molar-refractivity contribution in [3.05, 3.63) is 59.7 Å². The second-order valence-corrected chi connectivity index (χ2v) is 7.90. The van der Waals surface area contributed by atoms with Crippen molar-refractivity contribution >= 4 is 5.91 Å². The molecule has 1 aliphatic heterocycles. The number of carbonyl (C=O) groups is 1. The number of nitrogens with one attached hydrogen (secondary N) is 1. The van der Waals surface area contributed by atoms with E-state index in [1.807, 2.05) is 17.0 Å². The van der Waals surface area contributed by atoms with Crippen molar-refractivity contribution in [1.82, 2.24) is 4.90 Å². The Morgan fingerprint density at radius 1 is 1.03 bits per heavy atom. The number of hydrogen-bond acceptors (Lipinski definition) is 3. The highest BCUT2D eigenvalue weighted by Gasteiger charge is 2.30. The molecular formula is C24H33N2O3+. The summed E-state index contributed by atoms with van der Waals surface area (Å²) in [5.41, 5.74) is 2.53. The van der Waals surface area contributed by atoms with Crippen LogP contribution in [-0.4, -0.2) is 58.3 Å². The van der Waals surface area contributed by atoms with Crippen LogP contribution in [0.25, 0.3) is 0 Å². The lowest BCUT2D eigenvalue weighted by molar-refractivity contribution is -0.879. The Morgan fingerprint density at radius 3 is 2.52 bits per heavy atom. The fraction of sp³-hybridized carbons (Fsp3) is 0.458. The van der Waals surface area contributed by atoms with Gasteiger partial charge in [-0.3, -0.25) is 4.79 Å². The first kappa shape index (κ1) is 21.2. The molecule has 1 N–H and O–H groups in total. The summed E-state index contributed by atoms with van der Waals surface area (Å²) in [6.07, 6.45) is 2.67. The summed E-state index contributed by atoms with van der Waals surface area (Å²) in [5.74, 6) is 2.19. The number of ether oxygens (including phenoxy) is 2. The van der Waals surface area contributed by atoms with Crippen LogP contribution in [0.15, 0.2) is 48.5 Å². The maximum Gasteiger partial charge on any atom is 0.223 e. The van der Waals surface area contributed by atoms with Crippen LogP contribution in [0.2, 0.25) is 0 Å². The Labute approximate surface area is 174 Å². The largest absolute Gasteiger partial charge is 0.493 e. The Hall–Kier alpha value is -2.53. The highest BCUT2D eigenvalue weighted by atomic mass is 16.5. The molecule has 1 saturated heterocycles. The van der Waals surface area contributed by atoms with Gasteiger partial charge in [0, 0.05) is 38.3 Å². The minimum absolute atomic E-state index is 0.293. The fourth-order valence-corrected chi connectivity index (χ4v) is 4.03. The number of methoxy groups -OCH3 is 2. The monoisotopic (exact) mass is 397 g/mol. The molecule has 156 valence electrons. The number of quaternary nitrogens is 1. The fourth-order valence-electron chi connectivity index (χ4n) is 4.03. The molecule has 1 heterocycles. The number of likely N-dealkylation sites (N-methyl/N-ethyl adjacent to an activating group) is 1. The summed E-state index contributed by atoms with van der Waals surface area (Å²) >= 11 is 0. The molecule has 0 spiro atoms. The summed E-state index contributed by atoms with van der Waals surface area (Å²) < 4.78 is 10.7. The van der Waals surface area contributed by atoms with Crippen molar-refractivity contribution in [2.75, 3.05) is 47.4 Å². The molecule has 0 aliphatic carbocycles. The van der Waals surface area contributed by atoms with Crippen LogP contribution in [0.3, 0.4) is 0 Å². The lowest BCUT2D eigenvalue weighted by atomic mass is 9.99. The van der Waals surface area contributed by atoms with Crippen molar-refractivity contribution in [3.8, 4) is 11.5 Å². The quantitative estimate of drug-likeness (QED) is 0.668. The maximum absolute atomic E-state index is 12.4. The number of amides is 1. The average molecular weight is 398 g/mol. The van der Waals surface area contributed by atoms with Crippen LogP contribution >= 0.6 is 0 Å². The third-order valence-electron chi connectivity index (χ3n) is 5.81. The lowest BCUT2D eigenvalue weighted by Gasteiger charge is -2.19. The summed E-state index contributed by atoms with van der Waals surface area (Å²) in [6, 6.07) is 16.5. The molecule has 1 aliphatic rings. The van der Waals surface area contributed by atoms with Gasteiger partial charge in [-0.1, -0.05) is 36.4 Å². The van der Waals surface area contributed by atoms with Gasteiger partial charge < -0.3 is 19.3 Å². The van der Waals surface area contributed by atoms with Crippen LogP contribution in [0.1, 0.15) is 29.9 Å². The molecule has 5 heteroatoms. The van der Waals surface area contributed by atoms with E-state index in [9.17, 15) is 4.79 Å². The standard InChI is InChI=1S/C24H32N2O3/c1-25(15-12-19-10-11-22(28-2)23(16-19)29-3)13-7-14-26-18-21(17-24(26)27)20-8-5-4-6-9-20/h4-6,8-11,16,21H,7,12-15,17-18H2,1-3H3/p+1/t21-/m1/s1. The van der Waals surface area contributed by atoms with Crippen LogP contribution in [0.4, 0.5) is 0 Å². The van der Waals surface area contributed by atoms with Gasteiger partial charge >= 0.3 is 0 Å². The number of hydrogen-bond donors (Lipinski definition) is 1. The lowest BCUT2D eigenvalue weighted by Crippen LogP contribution is -3.09. The minimum Gasteiger partial charge on any atom is -0.493 e. The molecule has 3 rings (SSSR count). The Morgan fingerprint density at radius 2 is 1.79 bits per heavy atom. The molecule has 0 saturated carbocycles. The first-order valence-electron chi connectivity index (χ1n) is 10.5. The van der Waals surface area contributed by atoms with Crippen molar-refractivity contribution in [1.29, 1.82) is 0 Å². The summed E-state index contributed by atoms with van der Waals surface area (Å²) in [4.78, 5) is 15.9. The SMILES string of the molecule is COc1ccc(CC[NH+](C)CCCN2C[C@H](c3ccccc3)CC2=O)cc1OC. The minimum atomic E-state index is 0.293. The van der Waals surface area contributed by atoms with E-state index in [4.69, 9.17) is 9.47 Å². The van der Waals surface area contributed by atoms with E-state index in [1.54, 1.807) is 14.2 Å². The zero-order valence-corrected chi connectivity index (χ0v) is 17.8. The Bertz CT molecular complexity index is 794. The van der Waals surface area contributed by atoms with E-state index in [-0.39, 0.29) is 0 Å². The Kier molecular flexibility index (Phi) is 7.53. The van der Waals surface area contributed by atoms with Crippen molar-refractivity contribution in [3.63, 3.8) is 0 Å². The molecule has 0 radical (unpaired) electrons. The van der Waals surface area contributed by atoms with Gasteiger partial charge in [0.1, 0.15) is 0 Å². The number of likely N-dealkylation sites (tertiary alicyclic amines) is 1. The first-order valence-corrected chi connectivity index (χ1v) is 10.5. The van der Waals surface area contributed by atoms with E-state index >= 15 is 0 Å². The first-order chi connectivity index (χ1) is 14.1. The highest BCUT2D eigenvalue weighted by molar-refractivity contribution is 5.79. The second-order valence-electron chi connectivity index (χ2n) is 7.90. The zero-order chi connectivity index (χ0) is 20.6. The summed E-state index contributed by atoms with van der Waals surface area (Å²) in [7, 11) is 5.54. The van der Waals surface area contributed by atoms with Crippen molar-refractivity contribution in [2.45, 2.75) is 25.2 Å². The molecule has 1 unspecified atom stereocenters. The second kappa shape index (κ2) is 10.3. The average Bonchev–Trinajstić information content (AvgIpc) is 3.13. The molecule has 0 bridgehead atoms. The number of carbonyl (C=O) groups excluding carboxylic acids is 1. The molecule has 5 nitrogen and oxygen atoms in total. The van der Waals surface area contributed by atoms with Gasteiger partial charge in [-0.25, -0.2) is 0 Å². The zero-order valence-electron chi connectivity index (χ0n) is 17.8. The predicted octanol–water partition coefficient (Wildman–Crippen LogP) is 2.17. The molecular weight excluding hydrogens is 364 g/mol. The van der Waals surface area contributed by atoms with Gasteiger partial charge in [-0.05, 0) is 23.3 Å². The number of nitrogens with zero attached hydrogens (tertiary/aromatic N) is 1. The van der Waals surface area contributed by atoms with Crippen molar-refractivity contribution in [2.24, 2.45) is 0 Å². The van der Waals surface area contributed by atoms with E-state index < -0.39 is 0 Å². The molecule has 2 atom stereocenters. The number of benzene rings is 2. The smallest absolute Gasteiger partial charge is 0.223 e. The molecule has 29 heavy (non-hydrogen) atoms. The topological polar surface area (TPSA) is 43.2 Å². The third kappa shape index (κ3) is 5.73. The molecule has 2 aromatic carbocycles. The third-order valence-corrected chi connectivity index (χ3v) is 5.81. The van der Waals surface area contributed by atoms with Crippen molar-refractivity contribution < 1.29 is 19.2 Å². The van der Waals surface area contributed by atoms with Crippen LogP contribution in [-0.2, 0) is 11.2 Å².